The van der Waals surface area contributed by atoms with Crippen molar-refractivity contribution in [3.63, 3.8) is 0 Å². The molecule has 0 fully saturated rings. The summed E-state index contributed by atoms with van der Waals surface area (Å²) in [5.74, 6) is -0.130. The lowest BCUT2D eigenvalue weighted by Gasteiger charge is -2.16. The molecule has 16 heavy (non-hydrogen) atoms. The Kier molecular flexibility index (Phi) is 3.90. The molecule has 0 aromatic heterocycles. The van der Waals surface area contributed by atoms with Gasteiger partial charge in [-0.3, -0.25) is 4.79 Å². The number of para-hydroxylation sites is 1. The van der Waals surface area contributed by atoms with Crippen molar-refractivity contribution in [1.82, 2.24) is 0 Å². The van der Waals surface area contributed by atoms with Gasteiger partial charge in [-0.25, -0.2) is 0 Å². The number of carbonyl (C=O) groups is 1. The van der Waals surface area contributed by atoms with Gasteiger partial charge in [0.05, 0.1) is 11.7 Å². The summed E-state index contributed by atoms with van der Waals surface area (Å²) in [6.07, 6.45) is 0. The molecular formula is C12H18N2O2. The van der Waals surface area contributed by atoms with E-state index in [1.165, 1.54) is 0 Å². The molecule has 4 N–H and O–H groups in total. The highest BCUT2D eigenvalue weighted by molar-refractivity contribution is 5.96. The second kappa shape index (κ2) is 4.99. The average Bonchev–Trinajstić information content (AvgIpc) is 2.23. The van der Waals surface area contributed by atoms with Crippen LogP contribution in [0.1, 0.15) is 19.4 Å². The van der Waals surface area contributed by atoms with Crippen molar-refractivity contribution in [2.75, 3.05) is 5.32 Å². The number of phenolic OH excluding ortho intramolecular Hbond substituents is 1. The van der Waals surface area contributed by atoms with Crippen LogP contribution in [0.2, 0.25) is 0 Å². The van der Waals surface area contributed by atoms with E-state index in [1.807, 2.05) is 13.8 Å². The van der Waals surface area contributed by atoms with Gasteiger partial charge in [0, 0.05) is 0 Å². The topological polar surface area (TPSA) is 75.4 Å². The Bertz CT molecular complexity index is 389. The normalized spacial score (nSPS) is 12.6. The number of rotatable bonds is 3. The molecule has 1 atom stereocenters. The molecule has 0 spiro atoms. The lowest BCUT2D eigenvalue weighted by atomic mass is 10.0. The largest absolute Gasteiger partial charge is 0.505 e. The molecule has 0 aliphatic rings. The second-order valence-electron chi connectivity index (χ2n) is 4.23. The van der Waals surface area contributed by atoms with Gasteiger partial charge in [0.15, 0.2) is 0 Å². The zero-order valence-electron chi connectivity index (χ0n) is 9.82. The van der Waals surface area contributed by atoms with Crippen LogP contribution in [-0.4, -0.2) is 17.1 Å². The quantitative estimate of drug-likeness (QED) is 0.680. The first-order valence-corrected chi connectivity index (χ1v) is 5.28. The highest BCUT2D eigenvalue weighted by atomic mass is 16.3. The first kappa shape index (κ1) is 12.5. The molecule has 0 heterocycles. The second-order valence-corrected chi connectivity index (χ2v) is 4.23. The number of anilines is 1. The van der Waals surface area contributed by atoms with Gasteiger partial charge >= 0.3 is 0 Å². The lowest BCUT2D eigenvalue weighted by Crippen LogP contribution is -2.39. The maximum absolute atomic E-state index is 11.7. The maximum atomic E-state index is 11.7. The Morgan fingerprint density at radius 1 is 1.44 bits per heavy atom. The standard InChI is InChI=1S/C12H18N2O2/c1-7(2)10(13)12(16)14-9-6-4-5-8(3)11(9)15/h4-7,10,15H,13H2,1-3H3,(H,14,16)/t10-/m1/s1. The van der Waals surface area contributed by atoms with Gasteiger partial charge < -0.3 is 16.2 Å². The van der Waals surface area contributed by atoms with Crippen molar-refractivity contribution in [3.8, 4) is 5.75 Å². The minimum Gasteiger partial charge on any atom is -0.505 e. The highest BCUT2D eigenvalue weighted by Crippen LogP contribution is 2.26. The Morgan fingerprint density at radius 3 is 2.62 bits per heavy atom. The lowest BCUT2D eigenvalue weighted by molar-refractivity contribution is -0.118. The molecule has 1 rings (SSSR count). The number of benzene rings is 1. The fraction of sp³-hybridized carbons (Fsp3) is 0.417. The van der Waals surface area contributed by atoms with E-state index in [0.29, 0.717) is 5.69 Å². The summed E-state index contributed by atoms with van der Waals surface area (Å²) < 4.78 is 0. The molecule has 0 unspecified atom stereocenters. The third-order valence-corrected chi connectivity index (χ3v) is 2.52. The number of carbonyl (C=O) groups excluding carboxylic acids is 1. The molecule has 4 heteroatoms. The number of nitrogens with two attached hydrogens (primary N) is 1. The van der Waals surface area contributed by atoms with E-state index in [0.717, 1.165) is 5.56 Å². The SMILES string of the molecule is Cc1cccc(NC(=O)[C@H](N)C(C)C)c1O. The summed E-state index contributed by atoms with van der Waals surface area (Å²) in [7, 11) is 0. The Balaban J connectivity index is 2.81. The predicted octanol–water partition coefficient (Wildman–Crippen LogP) is 1.62. The molecule has 0 radical (unpaired) electrons. The van der Waals surface area contributed by atoms with E-state index in [2.05, 4.69) is 5.32 Å². The molecule has 1 amide bonds. The summed E-state index contributed by atoms with van der Waals surface area (Å²) in [5, 5.41) is 12.3. The van der Waals surface area contributed by atoms with Crippen molar-refractivity contribution in [1.29, 1.82) is 0 Å². The fourth-order valence-electron chi connectivity index (χ4n) is 1.28. The molecule has 1 aromatic rings. The minimum atomic E-state index is -0.570. The summed E-state index contributed by atoms with van der Waals surface area (Å²) in [6, 6.07) is 4.62. The van der Waals surface area contributed by atoms with Crippen LogP contribution >= 0.6 is 0 Å². The smallest absolute Gasteiger partial charge is 0.241 e. The molecule has 4 nitrogen and oxygen atoms in total. The van der Waals surface area contributed by atoms with E-state index >= 15 is 0 Å². The predicted molar refractivity (Wildman–Crippen MR) is 64.3 cm³/mol. The van der Waals surface area contributed by atoms with Crippen LogP contribution in [0.3, 0.4) is 0 Å². The van der Waals surface area contributed by atoms with Gasteiger partial charge in [0.25, 0.3) is 0 Å². The van der Waals surface area contributed by atoms with E-state index in [4.69, 9.17) is 5.73 Å². The van der Waals surface area contributed by atoms with Crippen molar-refractivity contribution < 1.29 is 9.90 Å². The molecule has 88 valence electrons. The first-order valence-electron chi connectivity index (χ1n) is 5.28. The molecular weight excluding hydrogens is 204 g/mol. The summed E-state index contributed by atoms with van der Waals surface area (Å²) in [6.45, 7) is 5.52. The van der Waals surface area contributed by atoms with Gasteiger partial charge in [-0.2, -0.15) is 0 Å². The third kappa shape index (κ3) is 2.73. The number of phenols is 1. The van der Waals surface area contributed by atoms with Crippen molar-refractivity contribution in [3.05, 3.63) is 23.8 Å². The number of hydrogen-bond acceptors (Lipinski definition) is 3. The van der Waals surface area contributed by atoms with Crippen LogP contribution < -0.4 is 11.1 Å². The van der Waals surface area contributed by atoms with E-state index < -0.39 is 6.04 Å². The number of nitrogens with one attached hydrogen (secondary N) is 1. The summed E-state index contributed by atoms with van der Waals surface area (Å²) in [5.41, 5.74) is 6.82. The minimum absolute atomic E-state index is 0.0620. The highest BCUT2D eigenvalue weighted by Gasteiger charge is 2.18. The molecule has 0 saturated carbocycles. The Labute approximate surface area is 95.5 Å². The van der Waals surface area contributed by atoms with Crippen LogP contribution in [0.4, 0.5) is 5.69 Å². The van der Waals surface area contributed by atoms with Gasteiger partial charge in [-0.15, -0.1) is 0 Å². The zero-order valence-corrected chi connectivity index (χ0v) is 9.82. The number of aryl methyl sites for hydroxylation is 1. The van der Waals surface area contributed by atoms with E-state index in [1.54, 1.807) is 25.1 Å². The van der Waals surface area contributed by atoms with Gasteiger partial charge in [-0.05, 0) is 24.5 Å². The Hall–Kier alpha value is -1.55. The van der Waals surface area contributed by atoms with Crippen molar-refractivity contribution in [2.24, 2.45) is 11.7 Å². The Morgan fingerprint density at radius 2 is 2.06 bits per heavy atom. The van der Waals surface area contributed by atoms with Crippen LogP contribution in [0, 0.1) is 12.8 Å². The number of hydrogen-bond donors (Lipinski definition) is 3. The van der Waals surface area contributed by atoms with Crippen LogP contribution in [0.25, 0.3) is 0 Å². The fourth-order valence-corrected chi connectivity index (χ4v) is 1.28. The van der Waals surface area contributed by atoms with Gasteiger partial charge in [0.2, 0.25) is 5.91 Å². The molecule has 1 aromatic carbocycles. The monoisotopic (exact) mass is 222 g/mol. The van der Waals surface area contributed by atoms with Crippen LogP contribution in [-0.2, 0) is 4.79 Å². The van der Waals surface area contributed by atoms with Gasteiger partial charge in [0.1, 0.15) is 5.75 Å². The van der Waals surface area contributed by atoms with Gasteiger partial charge in [-0.1, -0.05) is 26.0 Å². The van der Waals surface area contributed by atoms with Crippen molar-refractivity contribution in [2.45, 2.75) is 26.8 Å². The van der Waals surface area contributed by atoms with Crippen molar-refractivity contribution >= 4 is 11.6 Å². The number of aromatic hydroxyl groups is 1. The zero-order chi connectivity index (χ0) is 12.3. The third-order valence-electron chi connectivity index (χ3n) is 2.52. The first-order chi connectivity index (χ1) is 7.43. The molecule has 0 aliphatic heterocycles. The molecule has 0 bridgehead atoms. The van der Waals surface area contributed by atoms with Crippen LogP contribution in [0.15, 0.2) is 18.2 Å². The maximum Gasteiger partial charge on any atom is 0.241 e. The summed E-state index contributed by atoms with van der Waals surface area (Å²) in [4.78, 5) is 11.7. The molecule has 0 aliphatic carbocycles. The van der Waals surface area contributed by atoms with E-state index in [9.17, 15) is 9.90 Å². The number of amides is 1. The average molecular weight is 222 g/mol. The molecule has 0 saturated heterocycles. The van der Waals surface area contributed by atoms with E-state index in [-0.39, 0.29) is 17.6 Å². The van der Waals surface area contributed by atoms with Crippen LogP contribution in [0.5, 0.6) is 5.75 Å². The summed E-state index contributed by atoms with van der Waals surface area (Å²) >= 11 is 0.